The van der Waals surface area contributed by atoms with Crippen molar-refractivity contribution < 1.29 is 8.42 Å². The van der Waals surface area contributed by atoms with Gasteiger partial charge in [-0.15, -0.1) is 0 Å². The molecule has 5 heteroatoms. The normalized spacial score (nSPS) is 11.6. The summed E-state index contributed by atoms with van der Waals surface area (Å²) >= 11 is 1.72. The van der Waals surface area contributed by atoms with Crippen molar-refractivity contribution in [1.82, 2.24) is 4.72 Å². The fourth-order valence-electron chi connectivity index (χ4n) is 1.41. The van der Waals surface area contributed by atoms with E-state index in [4.69, 9.17) is 0 Å². The van der Waals surface area contributed by atoms with Crippen molar-refractivity contribution in [2.24, 2.45) is 0 Å². The van der Waals surface area contributed by atoms with Crippen LogP contribution < -0.4 is 4.72 Å². The van der Waals surface area contributed by atoms with Gasteiger partial charge in [0.2, 0.25) is 10.0 Å². The summed E-state index contributed by atoms with van der Waals surface area (Å²) in [5.41, 5.74) is 1.14. The first-order valence-corrected chi connectivity index (χ1v) is 8.55. The summed E-state index contributed by atoms with van der Waals surface area (Å²) in [4.78, 5) is 0.346. The van der Waals surface area contributed by atoms with Crippen LogP contribution in [0.15, 0.2) is 29.2 Å². The van der Waals surface area contributed by atoms with Gasteiger partial charge in [-0.3, -0.25) is 0 Å². The SMILES string of the molecule is CCc1ccc(S(=O)(=O)NCCCSC)cc1. The first-order chi connectivity index (χ1) is 8.10. The zero-order chi connectivity index (χ0) is 12.7. The molecular formula is C12H19NO2S2. The Morgan fingerprint density at radius 3 is 2.41 bits per heavy atom. The Morgan fingerprint density at radius 1 is 1.24 bits per heavy atom. The maximum atomic E-state index is 11.9. The highest BCUT2D eigenvalue weighted by Gasteiger charge is 2.12. The maximum absolute atomic E-state index is 11.9. The average Bonchev–Trinajstić information content (AvgIpc) is 2.35. The molecule has 1 aromatic carbocycles. The minimum atomic E-state index is -3.32. The quantitative estimate of drug-likeness (QED) is 0.775. The van der Waals surface area contributed by atoms with Gasteiger partial charge in [-0.2, -0.15) is 11.8 Å². The number of rotatable bonds is 7. The van der Waals surface area contributed by atoms with Gasteiger partial charge in [-0.05, 0) is 42.5 Å². The summed E-state index contributed by atoms with van der Waals surface area (Å²) in [6.45, 7) is 2.54. The minimum absolute atomic E-state index is 0.346. The minimum Gasteiger partial charge on any atom is -0.211 e. The van der Waals surface area contributed by atoms with E-state index >= 15 is 0 Å². The van der Waals surface area contributed by atoms with Crippen molar-refractivity contribution in [3.8, 4) is 0 Å². The second-order valence-electron chi connectivity index (χ2n) is 3.74. The first-order valence-electron chi connectivity index (χ1n) is 5.67. The van der Waals surface area contributed by atoms with Crippen LogP contribution >= 0.6 is 11.8 Å². The fourth-order valence-corrected chi connectivity index (χ4v) is 2.92. The van der Waals surface area contributed by atoms with Crippen molar-refractivity contribution in [3.05, 3.63) is 29.8 Å². The van der Waals surface area contributed by atoms with E-state index < -0.39 is 10.0 Å². The van der Waals surface area contributed by atoms with Gasteiger partial charge in [0, 0.05) is 6.54 Å². The third kappa shape index (κ3) is 4.69. The summed E-state index contributed by atoms with van der Waals surface area (Å²) in [6.07, 6.45) is 3.78. The Kier molecular flexibility index (Phi) is 6.02. The molecule has 0 heterocycles. The van der Waals surface area contributed by atoms with Gasteiger partial charge in [0.25, 0.3) is 0 Å². The highest BCUT2D eigenvalue weighted by atomic mass is 32.2. The van der Waals surface area contributed by atoms with E-state index in [2.05, 4.69) is 4.72 Å². The molecule has 0 saturated heterocycles. The van der Waals surface area contributed by atoms with Crippen molar-refractivity contribution in [1.29, 1.82) is 0 Å². The Bertz CT molecular complexity index is 426. The largest absolute Gasteiger partial charge is 0.240 e. The first kappa shape index (κ1) is 14.5. The summed E-state index contributed by atoms with van der Waals surface area (Å²) in [5, 5.41) is 0. The number of benzene rings is 1. The molecule has 0 aliphatic rings. The van der Waals surface area contributed by atoms with E-state index in [1.165, 1.54) is 0 Å². The lowest BCUT2D eigenvalue weighted by molar-refractivity contribution is 0.581. The van der Waals surface area contributed by atoms with Crippen LogP contribution in [0.4, 0.5) is 0 Å². The van der Waals surface area contributed by atoms with E-state index in [0.717, 1.165) is 24.2 Å². The lowest BCUT2D eigenvalue weighted by atomic mass is 10.2. The van der Waals surface area contributed by atoms with Crippen molar-refractivity contribution in [2.75, 3.05) is 18.6 Å². The van der Waals surface area contributed by atoms with Crippen molar-refractivity contribution in [2.45, 2.75) is 24.7 Å². The number of sulfonamides is 1. The van der Waals surface area contributed by atoms with Crippen LogP contribution in [0.2, 0.25) is 0 Å². The summed E-state index contributed by atoms with van der Waals surface area (Å²) in [5.74, 6) is 0.970. The standard InChI is InChI=1S/C12H19NO2S2/c1-3-11-5-7-12(8-6-11)17(14,15)13-9-4-10-16-2/h5-8,13H,3-4,9-10H2,1-2H3. The molecule has 0 aromatic heterocycles. The highest BCUT2D eigenvalue weighted by molar-refractivity contribution is 7.98. The van der Waals surface area contributed by atoms with Crippen LogP contribution in [0.5, 0.6) is 0 Å². The number of thioether (sulfide) groups is 1. The lowest BCUT2D eigenvalue weighted by Crippen LogP contribution is -2.25. The molecule has 0 atom stereocenters. The van der Waals surface area contributed by atoms with Gasteiger partial charge in [-0.25, -0.2) is 13.1 Å². The van der Waals surface area contributed by atoms with E-state index in [0.29, 0.717) is 11.4 Å². The molecule has 1 rings (SSSR count). The van der Waals surface area contributed by atoms with Crippen LogP contribution in [0, 0.1) is 0 Å². The Hall–Kier alpha value is -0.520. The number of hydrogen-bond acceptors (Lipinski definition) is 3. The van der Waals surface area contributed by atoms with Gasteiger partial charge in [0.05, 0.1) is 4.90 Å². The van der Waals surface area contributed by atoms with Gasteiger partial charge in [0.1, 0.15) is 0 Å². The predicted molar refractivity (Wildman–Crippen MR) is 74.0 cm³/mol. The van der Waals surface area contributed by atoms with Gasteiger partial charge < -0.3 is 0 Å². The zero-order valence-corrected chi connectivity index (χ0v) is 11.9. The molecule has 0 spiro atoms. The van der Waals surface area contributed by atoms with Crippen molar-refractivity contribution in [3.63, 3.8) is 0 Å². The Balaban J connectivity index is 2.62. The van der Waals surface area contributed by atoms with Crippen LogP contribution in [0.1, 0.15) is 18.9 Å². The second-order valence-corrected chi connectivity index (χ2v) is 6.49. The van der Waals surface area contributed by atoms with Crippen LogP contribution in [0.3, 0.4) is 0 Å². The Morgan fingerprint density at radius 2 is 1.88 bits per heavy atom. The van der Waals surface area contributed by atoms with E-state index in [-0.39, 0.29) is 0 Å². The van der Waals surface area contributed by atoms with Gasteiger partial charge >= 0.3 is 0 Å². The molecule has 0 radical (unpaired) electrons. The molecule has 0 amide bonds. The lowest BCUT2D eigenvalue weighted by Gasteiger charge is -2.06. The molecule has 3 nitrogen and oxygen atoms in total. The third-order valence-corrected chi connectivity index (χ3v) is 4.63. The number of nitrogens with one attached hydrogen (secondary N) is 1. The highest BCUT2D eigenvalue weighted by Crippen LogP contribution is 2.10. The number of hydrogen-bond donors (Lipinski definition) is 1. The average molecular weight is 273 g/mol. The van der Waals surface area contributed by atoms with Crippen LogP contribution in [-0.2, 0) is 16.4 Å². The molecular weight excluding hydrogens is 254 g/mol. The molecule has 0 aliphatic heterocycles. The van der Waals surface area contributed by atoms with Crippen LogP contribution in [-0.4, -0.2) is 27.0 Å². The molecule has 1 N–H and O–H groups in total. The summed E-state index contributed by atoms with van der Waals surface area (Å²) in [7, 11) is -3.32. The zero-order valence-electron chi connectivity index (χ0n) is 10.3. The molecule has 17 heavy (non-hydrogen) atoms. The molecule has 96 valence electrons. The molecule has 1 aromatic rings. The van der Waals surface area contributed by atoms with Crippen LogP contribution in [0.25, 0.3) is 0 Å². The molecule has 0 saturated carbocycles. The second kappa shape index (κ2) is 7.03. The summed E-state index contributed by atoms with van der Waals surface area (Å²) < 4.78 is 26.4. The molecule has 0 aliphatic carbocycles. The van der Waals surface area contributed by atoms with E-state index in [1.54, 1.807) is 23.9 Å². The monoisotopic (exact) mass is 273 g/mol. The summed E-state index contributed by atoms with van der Waals surface area (Å²) in [6, 6.07) is 7.04. The van der Waals surface area contributed by atoms with Crippen molar-refractivity contribution >= 4 is 21.8 Å². The predicted octanol–water partition coefficient (Wildman–Crippen LogP) is 2.28. The van der Waals surface area contributed by atoms with Gasteiger partial charge in [-0.1, -0.05) is 19.1 Å². The third-order valence-electron chi connectivity index (χ3n) is 2.46. The number of aryl methyl sites for hydroxylation is 1. The maximum Gasteiger partial charge on any atom is 0.240 e. The molecule has 0 fully saturated rings. The van der Waals surface area contributed by atoms with E-state index in [1.807, 2.05) is 25.3 Å². The fraction of sp³-hybridized carbons (Fsp3) is 0.500. The van der Waals surface area contributed by atoms with E-state index in [9.17, 15) is 8.42 Å². The topological polar surface area (TPSA) is 46.2 Å². The molecule has 0 bridgehead atoms. The van der Waals surface area contributed by atoms with Gasteiger partial charge in [0.15, 0.2) is 0 Å². The smallest absolute Gasteiger partial charge is 0.211 e. The Labute approximate surface area is 108 Å². The molecule has 0 unspecified atom stereocenters.